The molecule has 3 nitrogen and oxygen atoms in total. The van der Waals surface area contributed by atoms with Crippen molar-refractivity contribution in [2.24, 2.45) is 0 Å². The van der Waals surface area contributed by atoms with Crippen LogP contribution in [-0.4, -0.2) is 19.2 Å². The van der Waals surface area contributed by atoms with Crippen LogP contribution in [0.3, 0.4) is 0 Å². The van der Waals surface area contributed by atoms with Crippen molar-refractivity contribution in [2.45, 2.75) is 31.3 Å². The van der Waals surface area contributed by atoms with Gasteiger partial charge in [0.2, 0.25) is 0 Å². The number of fused-ring (bicyclic) bond motifs is 3. The van der Waals surface area contributed by atoms with Crippen LogP contribution in [0, 0.1) is 0 Å². The zero-order valence-electron chi connectivity index (χ0n) is 9.23. The van der Waals surface area contributed by atoms with Gasteiger partial charge in [0.25, 0.3) is 0 Å². The Labute approximate surface area is 94.4 Å². The summed E-state index contributed by atoms with van der Waals surface area (Å²) in [7, 11) is 1.40. The van der Waals surface area contributed by atoms with E-state index in [2.05, 4.69) is 6.07 Å². The quantitative estimate of drug-likeness (QED) is 0.679. The van der Waals surface area contributed by atoms with E-state index in [1.807, 2.05) is 6.07 Å². The summed E-state index contributed by atoms with van der Waals surface area (Å²) in [6, 6.07) is 5.75. The number of hydrogen-bond acceptors (Lipinski definition) is 3. The van der Waals surface area contributed by atoms with Crippen LogP contribution in [-0.2, 0) is 4.74 Å². The van der Waals surface area contributed by atoms with Gasteiger partial charge in [-0.15, -0.1) is 0 Å². The first-order valence-corrected chi connectivity index (χ1v) is 5.69. The molecule has 1 aliphatic heterocycles. The number of methoxy groups -OCH3 is 1. The molecule has 0 amide bonds. The Morgan fingerprint density at radius 2 is 2.31 bits per heavy atom. The molecule has 1 fully saturated rings. The molecule has 2 aliphatic rings. The molecule has 1 aliphatic carbocycles. The minimum atomic E-state index is -0.308. The SMILES string of the molecule is COC(=O)c1cccc2c1OC1CCCC21. The smallest absolute Gasteiger partial charge is 0.341 e. The molecule has 84 valence electrons. The zero-order valence-corrected chi connectivity index (χ0v) is 9.23. The lowest BCUT2D eigenvalue weighted by Gasteiger charge is -2.08. The van der Waals surface area contributed by atoms with Gasteiger partial charge in [-0.25, -0.2) is 4.79 Å². The van der Waals surface area contributed by atoms with Crippen molar-refractivity contribution in [3.8, 4) is 5.75 Å². The maximum absolute atomic E-state index is 11.6. The van der Waals surface area contributed by atoms with Gasteiger partial charge in [-0.3, -0.25) is 0 Å². The van der Waals surface area contributed by atoms with E-state index in [-0.39, 0.29) is 12.1 Å². The second-order valence-corrected chi connectivity index (χ2v) is 4.41. The molecule has 3 rings (SSSR count). The molecule has 1 aromatic rings. The monoisotopic (exact) mass is 218 g/mol. The molecule has 3 heteroatoms. The summed E-state index contributed by atoms with van der Waals surface area (Å²) in [5.74, 6) is 0.931. The molecule has 0 spiro atoms. The molecule has 1 heterocycles. The summed E-state index contributed by atoms with van der Waals surface area (Å²) < 4.78 is 10.6. The van der Waals surface area contributed by atoms with E-state index in [0.717, 1.165) is 12.2 Å². The van der Waals surface area contributed by atoms with E-state index in [9.17, 15) is 4.79 Å². The van der Waals surface area contributed by atoms with E-state index in [4.69, 9.17) is 9.47 Å². The van der Waals surface area contributed by atoms with Gasteiger partial charge in [-0.05, 0) is 25.3 Å². The Morgan fingerprint density at radius 3 is 3.12 bits per heavy atom. The average molecular weight is 218 g/mol. The standard InChI is InChI=1S/C13H14O3/c1-15-13(14)10-6-2-5-9-8-4-3-7-11(8)16-12(9)10/h2,5-6,8,11H,3-4,7H2,1H3. The summed E-state index contributed by atoms with van der Waals surface area (Å²) in [5.41, 5.74) is 1.75. The fourth-order valence-electron chi connectivity index (χ4n) is 2.82. The summed E-state index contributed by atoms with van der Waals surface area (Å²) in [6.07, 6.45) is 3.76. The molecule has 2 unspecified atom stereocenters. The molecule has 0 radical (unpaired) electrons. The first kappa shape index (κ1) is 9.70. The molecule has 0 saturated heterocycles. The van der Waals surface area contributed by atoms with E-state index in [1.54, 1.807) is 6.07 Å². The van der Waals surface area contributed by atoms with Crippen molar-refractivity contribution >= 4 is 5.97 Å². The first-order valence-electron chi connectivity index (χ1n) is 5.69. The minimum Gasteiger partial charge on any atom is -0.489 e. The Hall–Kier alpha value is -1.51. The molecule has 16 heavy (non-hydrogen) atoms. The molecule has 0 bridgehead atoms. The Bertz CT molecular complexity index is 439. The van der Waals surface area contributed by atoms with E-state index < -0.39 is 0 Å². The normalized spacial score (nSPS) is 25.8. The number of carbonyl (C=O) groups excluding carboxylic acids is 1. The van der Waals surface area contributed by atoms with Gasteiger partial charge in [-0.2, -0.15) is 0 Å². The van der Waals surface area contributed by atoms with Crippen LogP contribution < -0.4 is 4.74 Å². The third-order valence-electron chi connectivity index (χ3n) is 3.57. The Morgan fingerprint density at radius 1 is 1.44 bits per heavy atom. The topological polar surface area (TPSA) is 35.5 Å². The van der Waals surface area contributed by atoms with Gasteiger partial charge in [-0.1, -0.05) is 12.1 Å². The summed E-state index contributed by atoms with van der Waals surface area (Å²) in [4.78, 5) is 11.6. The predicted molar refractivity (Wildman–Crippen MR) is 58.8 cm³/mol. The number of para-hydroxylation sites is 1. The third kappa shape index (κ3) is 1.24. The van der Waals surface area contributed by atoms with Gasteiger partial charge >= 0.3 is 5.97 Å². The first-order chi connectivity index (χ1) is 7.81. The number of hydrogen-bond donors (Lipinski definition) is 0. The van der Waals surface area contributed by atoms with Crippen LogP contribution in [0.1, 0.15) is 41.1 Å². The van der Waals surface area contributed by atoms with Crippen molar-refractivity contribution in [1.82, 2.24) is 0 Å². The lowest BCUT2D eigenvalue weighted by atomic mass is 9.96. The molecule has 0 aromatic heterocycles. The van der Waals surface area contributed by atoms with Crippen molar-refractivity contribution in [2.75, 3.05) is 7.11 Å². The van der Waals surface area contributed by atoms with Gasteiger partial charge in [0.1, 0.15) is 17.4 Å². The van der Waals surface area contributed by atoms with Gasteiger partial charge < -0.3 is 9.47 Å². The van der Waals surface area contributed by atoms with Gasteiger partial charge in [0.15, 0.2) is 0 Å². The van der Waals surface area contributed by atoms with Crippen molar-refractivity contribution in [3.05, 3.63) is 29.3 Å². The highest BCUT2D eigenvalue weighted by atomic mass is 16.5. The fraction of sp³-hybridized carbons (Fsp3) is 0.462. The van der Waals surface area contributed by atoms with Crippen molar-refractivity contribution < 1.29 is 14.3 Å². The number of carbonyl (C=O) groups is 1. The van der Waals surface area contributed by atoms with E-state index >= 15 is 0 Å². The van der Waals surface area contributed by atoms with Crippen LogP contribution in [0.5, 0.6) is 5.75 Å². The summed E-state index contributed by atoms with van der Waals surface area (Å²) >= 11 is 0. The third-order valence-corrected chi connectivity index (χ3v) is 3.57. The highest BCUT2D eigenvalue weighted by Gasteiger charge is 2.39. The molecule has 1 aromatic carbocycles. The van der Waals surface area contributed by atoms with Crippen molar-refractivity contribution in [3.63, 3.8) is 0 Å². The molecular formula is C13H14O3. The van der Waals surface area contributed by atoms with Crippen molar-refractivity contribution in [1.29, 1.82) is 0 Å². The molecular weight excluding hydrogens is 204 g/mol. The second kappa shape index (κ2) is 3.51. The van der Waals surface area contributed by atoms with Gasteiger partial charge in [0, 0.05) is 11.5 Å². The van der Waals surface area contributed by atoms with Gasteiger partial charge in [0.05, 0.1) is 7.11 Å². The maximum atomic E-state index is 11.6. The van der Waals surface area contributed by atoms with Crippen LogP contribution in [0.15, 0.2) is 18.2 Å². The average Bonchev–Trinajstić information content (AvgIpc) is 2.87. The molecule has 1 saturated carbocycles. The van der Waals surface area contributed by atoms with Crippen LogP contribution in [0.4, 0.5) is 0 Å². The van der Waals surface area contributed by atoms with Crippen LogP contribution in [0.25, 0.3) is 0 Å². The number of esters is 1. The predicted octanol–water partition coefficient (Wildman–Crippen LogP) is 2.50. The highest BCUT2D eigenvalue weighted by Crippen LogP contribution is 2.48. The zero-order chi connectivity index (χ0) is 11.1. The van der Waals surface area contributed by atoms with Crippen LogP contribution >= 0.6 is 0 Å². The molecule has 2 atom stereocenters. The number of ether oxygens (including phenoxy) is 2. The largest absolute Gasteiger partial charge is 0.489 e. The Balaban J connectivity index is 2.06. The number of benzene rings is 1. The lowest BCUT2D eigenvalue weighted by Crippen LogP contribution is -2.11. The maximum Gasteiger partial charge on any atom is 0.341 e. The second-order valence-electron chi connectivity index (χ2n) is 4.41. The highest BCUT2D eigenvalue weighted by molar-refractivity contribution is 5.93. The Kier molecular flexibility index (Phi) is 2.13. The summed E-state index contributed by atoms with van der Waals surface area (Å²) in [6.45, 7) is 0. The number of rotatable bonds is 1. The minimum absolute atomic E-state index is 0.279. The summed E-state index contributed by atoms with van der Waals surface area (Å²) in [5, 5.41) is 0. The van der Waals surface area contributed by atoms with E-state index in [1.165, 1.54) is 25.5 Å². The fourth-order valence-corrected chi connectivity index (χ4v) is 2.82. The van der Waals surface area contributed by atoms with Crippen LogP contribution in [0.2, 0.25) is 0 Å². The molecule has 0 N–H and O–H groups in total. The lowest BCUT2D eigenvalue weighted by molar-refractivity contribution is 0.0595. The van der Waals surface area contributed by atoms with E-state index in [0.29, 0.717) is 11.5 Å².